The van der Waals surface area contributed by atoms with Gasteiger partial charge in [-0.2, -0.15) is 0 Å². The highest BCUT2D eigenvalue weighted by molar-refractivity contribution is 7.99. The minimum atomic E-state index is -0.483. The molecule has 0 unspecified atom stereocenters. The zero-order valence-corrected chi connectivity index (χ0v) is 20.7. The molecule has 0 radical (unpaired) electrons. The molecule has 180 valence electrons. The summed E-state index contributed by atoms with van der Waals surface area (Å²) in [6, 6.07) is 23.4. The van der Waals surface area contributed by atoms with Crippen molar-refractivity contribution in [1.29, 1.82) is 0 Å². The molecule has 9 heteroatoms. The Hall–Kier alpha value is -4.01. The van der Waals surface area contributed by atoms with Crippen molar-refractivity contribution < 1.29 is 13.9 Å². The van der Waals surface area contributed by atoms with Crippen molar-refractivity contribution >= 4 is 45.9 Å². The molecule has 0 saturated heterocycles. The predicted molar refractivity (Wildman–Crippen MR) is 142 cm³/mol. The molecule has 0 aliphatic carbocycles. The SMILES string of the molecule is COc1ccc(NC(=O)CSc2nc(-c3cc4ccccc4oc3=O)cn2-c2ccc(Cl)cc2)cc1. The summed E-state index contributed by atoms with van der Waals surface area (Å²) >= 11 is 7.33. The number of para-hydroxylation sites is 1. The van der Waals surface area contributed by atoms with Gasteiger partial charge >= 0.3 is 5.63 Å². The van der Waals surface area contributed by atoms with Gasteiger partial charge in [-0.05, 0) is 60.7 Å². The lowest BCUT2D eigenvalue weighted by Crippen LogP contribution is -2.14. The summed E-state index contributed by atoms with van der Waals surface area (Å²) in [7, 11) is 1.59. The molecule has 0 spiro atoms. The number of hydrogen-bond acceptors (Lipinski definition) is 6. The Kier molecular flexibility index (Phi) is 6.79. The molecule has 0 atom stereocenters. The van der Waals surface area contributed by atoms with Crippen LogP contribution in [0.2, 0.25) is 5.02 Å². The fourth-order valence-electron chi connectivity index (χ4n) is 3.62. The van der Waals surface area contributed by atoms with Crippen LogP contribution in [0.25, 0.3) is 27.9 Å². The van der Waals surface area contributed by atoms with Gasteiger partial charge in [-0.15, -0.1) is 0 Å². The van der Waals surface area contributed by atoms with Crippen LogP contribution in [-0.4, -0.2) is 28.3 Å². The van der Waals surface area contributed by atoms with Gasteiger partial charge < -0.3 is 14.5 Å². The highest BCUT2D eigenvalue weighted by atomic mass is 35.5. The first-order valence-corrected chi connectivity index (χ1v) is 12.3. The highest BCUT2D eigenvalue weighted by Gasteiger charge is 2.17. The number of carbonyl (C=O) groups is 1. The Morgan fingerprint density at radius 2 is 1.83 bits per heavy atom. The second-order valence-electron chi connectivity index (χ2n) is 7.81. The van der Waals surface area contributed by atoms with E-state index in [1.807, 2.05) is 34.9 Å². The molecular weight excluding hydrogens is 498 g/mol. The summed E-state index contributed by atoms with van der Waals surface area (Å²) < 4.78 is 12.5. The van der Waals surface area contributed by atoms with Gasteiger partial charge in [-0.1, -0.05) is 41.6 Å². The van der Waals surface area contributed by atoms with Crippen molar-refractivity contribution in [3.05, 3.63) is 101 Å². The van der Waals surface area contributed by atoms with E-state index in [1.54, 1.807) is 61.8 Å². The van der Waals surface area contributed by atoms with E-state index in [0.717, 1.165) is 11.1 Å². The van der Waals surface area contributed by atoms with E-state index >= 15 is 0 Å². The van der Waals surface area contributed by atoms with Crippen LogP contribution in [0.4, 0.5) is 5.69 Å². The molecule has 0 saturated carbocycles. The Morgan fingerprint density at radius 3 is 2.58 bits per heavy atom. The van der Waals surface area contributed by atoms with Gasteiger partial charge in [0.2, 0.25) is 5.91 Å². The molecule has 1 amide bonds. The topological polar surface area (TPSA) is 86.4 Å². The van der Waals surface area contributed by atoms with Crippen molar-refractivity contribution in [3.63, 3.8) is 0 Å². The summed E-state index contributed by atoms with van der Waals surface area (Å²) in [4.78, 5) is 30.0. The number of benzene rings is 3. The molecule has 36 heavy (non-hydrogen) atoms. The van der Waals surface area contributed by atoms with E-state index < -0.39 is 5.63 Å². The van der Waals surface area contributed by atoms with Gasteiger partial charge in [-0.25, -0.2) is 9.78 Å². The molecule has 0 fully saturated rings. The third-order valence-electron chi connectivity index (χ3n) is 5.40. The van der Waals surface area contributed by atoms with E-state index in [-0.39, 0.29) is 11.7 Å². The molecule has 3 aromatic carbocycles. The number of anilines is 1. The summed E-state index contributed by atoms with van der Waals surface area (Å²) in [5, 5.41) is 4.80. The van der Waals surface area contributed by atoms with Crippen LogP contribution in [0, 0.1) is 0 Å². The largest absolute Gasteiger partial charge is 0.497 e. The molecule has 1 N–H and O–H groups in total. The Morgan fingerprint density at radius 1 is 1.08 bits per heavy atom. The maximum absolute atomic E-state index is 12.7. The van der Waals surface area contributed by atoms with Crippen molar-refractivity contribution in [3.8, 4) is 22.7 Å². The van der Waals surface area contributed by atoms with E-state index in [9.17, 15) is 9.59 Å². The molecule has 2 heterocycles. The van der Waals surface area contributed by atoms with Crippen molar-refractivity contribution in [2.75, 3.05) is 18.2 Å². The number of methoxy groups -OCH3 is 1. The van der Waals surface area contributed by atoms with Gasteiger partial charge in [0.25, 0.3) is 0 Å². The summed E-state index contributed by atoms with van der Waals surface area (Å²) in [6.45, 7) is 0. The number of rotatable bonds is 7. The van der Waals surface area contributed by atoms with Crippen LogP contribution in [0.1, 0.15) is 0 Å². The van der Waals surface area contributed by atoms with E-state index in [4.69, 9.17) is 20.8 Å². The number of hydrogen-bond donors (Lipinski definition) is 1. The van der Waals surface area contributed by atoms with E-state index in [0.29, 0.717) is 38.5 Å². The lowest BCUT2D eigenvalue weighted by Gasteiger charge is -2.08. The number of amides is 1. The fraction of sp³-hybridized carbons (Fsp3) is 0.0741. The van der Waals surface area contributed by atoms with E-state index in [1.165, 1.54) is 11.8 Å². The number of aromatic nitrogens is 2. The molecule has 0 aliphatic rings. The Bertz CT molecular complexity index is 1590. The maximum atomic E-state index is 12.7. The van der Waals surface area contributed by atoms with Crippen LogP contribution < -0.4 is 15.7 Å². The standard InChI is InChI=1S/C27H20ClN3O4S/c1-34-21-12-8-19(9-13-21)29-25(32)16-36-27-30-23(15-31(27)20-10-6-18(28)7-11-20)22-14-17-4-2-3-5-24(17)35-26(22)33/h2-15H,16H2,1H3,(H,29,32). The van der Waals surface area contributed by atoms with Crippen molar-refractivity contribution in [2.45, 2.75) is 5.16 Å². The first-order chi connectivity index (χ1) is 17.5. The molecule has 0 bridgehead atoms. The fourth-order valence-corrected chi connectivity index (χ4v) is 4.54. The average Bonchev–Trinajstić information content (AvgIpc) is 3.32. The quantitative estimate of drug-likeness (QED) is 0.209. The van der Waals surface area contributed by atoms with Gasteiger partial charge in [0.15, 0.2) is 5.16 Å². The van der Waals surface area contributed by atoms with Gasteiger partial charge in [0.1, 0.15) is 11.3 Å². The van der Waals surface area contributed by atoms with Crippen molar-refractivity contribution in [1.82, 2.24) is 9.55 Å². The molecule has 0 aliphatic heterocycles. The third kappa shape index (κ3) is 5.15. The maximum Gasteiger partial charge on any atom is 0.345 e. The molecule has 2 aromatic heterocycles. The van der Waals surface area contributed by atoms with Crippen LogP contribution in [-0.2, 0) is 4.79 Å². The second-order valence-corrected chi connectivity index (χ2v) is 9.18. The zero-order chi connectivity index (χ0) is 25.1. The second kappa shape index (κ2) is 10.3. The third-order valence-corrected chi connectivity index (χ3v) is 6.61. The number of thioether (sulfide) groups is 1. The number of halogens is 1. The molecule has 5 aromatic rings. The summed E-state index contributed by atoms with van der Waals surface area (Å²) in [5.41, 5.74) is 2.27. The van der Waals surface area contributed by atoms with Crippen LogP contribution in [0.3, 0.4) is 0 Å². The normalized spacial score (nSPS) is 10.9. The number of nitrogens with one attached hydrogen (secondary N) is 1. The average molecular weight is 518 g/mol. The molecule has 5 rings (SSSR count). The highest BCUT2D eigenvalue weighted by Crippen LogP contribution is 2.28. The lowest BCUT2D eigenvalue weighted by molar-refractivity contribution is -0.113. The molecule has 7 nitrogen and oxygen atoms in total. The van der Waals surface area contributed by atoms with Gasteiger partial charge in [0, 0.05) is 28.0 Å². The predicted octanol–water partition coefficient (Wildman–Crippen LogP) is 6.04. The number of ether oxygens (including phenoxy) is 1. The number of carbonyl (C=O) groups excluding carboxylic acids is 1. The smallest absolute Gasteiger partial charge is 0.345 e. The molecular formula is C27H20ClN3O4S. The Balaban J connectivity index is 1.44. The Labute approximate surface area is 215 Å². The minimum Gasteiger partial charge on any atom is -0.497 e. The first-order valence-electron chi connectivity index (χ1n) is 11.0. The number of imidazole rings is 1. The van der Waals surface area contributed by atoms with Gasteiger partial charge in [-0.3, -0.25) is 9.36 Å². The van der Waals surface area contributed by atoms with Gasteiger partial charge in [0.05, 0.1) is 24.1 Å². The summed E-state index contributed by atoms with van der Waals surface area (Å²) in [6.07, 6.45) is 1.76. The van der Waals surface area contributed by atoms with Crippen molar-refractivity contribution in [2.24, 2.45) is 0 Å². The number of nitrogens with zero attached hydrogens (tertiary/aromatic N) is 2. The zero-order valence-electron chi connectivity index (χ0n) is 19.1. The van der Waals surface area contributed by atoms with Crippen LogP contribution >= 0.6 is 23.4 Å². The van der Waals surface area contributed by atoms with Crippen LogP contribution in [0.5, 0.6) is 5.75 Å². The monoisotopic (exact) mass is 517 g/mol. The first kappa shape index (κ1) is 23.7. The summed E-state index contributed by atoms with van der Waals surface area (Å²) in [5.74, 6) is 0.628. The van der Waals surface area contributed by atoms with Crippen LogP contribution in [0.15, 0.2) is 99.4 Å². The number of fused-ring (bicyclic) bond motifs is 1. The lowest BCUT2D eigenvalue weighted by atomic mass is 10.1. The van der Waals surface area contributed by atoms with E-state index in [2.05, 4.69) is 10.3 Å². The minimum absolute atomic E-state index is 0.113.